The van der Waals surface area contributed by atoms with Crippen molar-refractivity contribution in [2.24, 2.45) is 0 Å². The van der Waals surface area contributed by atoms with Gasteiger partial charge in [-0.2, -0.15) is 0 Å². The van der Waals surface area contributed by atoms with E-state index in [0.717, 1.165) is 21.7 Å². The summed E-state index contributed by atoms with van der Waals surface area (Å²) in [5, 5.41) is 0. The number of hydrogen-bond acceptors (Lipinski definition) is 4. The molecule has 1 heterocycles. The Bertz CT molecular complexity index is 720. The predicted molar refractivity (Wildman–Crippen MR) is 90.0 cm³/mol. The van der Waals surface area contributed by atoms with Gasteiger partial charge >= 0.3 is 0 Å². The van der Waals surface area contributed by atoms with E-state index in [-0.39, 0.29) is 11.4 Å². The first-order valence-corrected chi connectivity index (χ1v) is 7.46. The first kappa shape index (κ1) is 16.8. The number of hydrogen-bond donors (Lipinski definition) is 0. The monoisotopic (exact) mass is 311 g/mol. The smallest absolute Gasteiger partial charge is 0.239 e. The molecule has 0 aliphatic heterocycles. The van der Waals surface area contributed by atoms with Gasteiger partial charge in [0, 0.05) is 31.0 Å². The van der Waals surface area contributed by atoms with Gasteiger partial charge in [0.2, 0.25) is 17.8 Å². The van der Waals surface area contributed by atoms with Crippen molar-refractivity contribution < 1.29 is 9.59 Å². The second kappa shape index (κ2) is 6.28. The molecule has 0 N–H and O–H groups in total. The normalized spacial score (nSPS) is 11.2. The zero-order valence-corrected chi connectivity index (χ0v) is 14.1. The average Bonchev–Trinajstić information content (AvgIpc) is 2.46. The van der Waals surface area contributed by atoms with Gasteiger partial charge in [0.05, 0.1) is 5.69 Å². The number of nitrogens with zero attached hydrogens (tertiary/aromatic N) is 3. The molecular weight excluding hydrogens is 290 g/mol. The minimum atomic E-state index is -0.398. The Morgan fingerprint density at radius 2 is 1.57 bits per heavy atom. The Kier molecular flexibility index (Phi) is 4.59. The number of aromatic nitrogens is 2. The van der Waals surface area contributed by atoms with Crippen molar-refractivity contribution in [1.29, 1.82) is 0 Å². The van der Waals surface area contributed by atoms with Crippen LogP contribution in [-0.4, -0.2) is 21.8 Å². The highest BCUT2D eigenvalue weighted by Gasteiger charge is 2.26. The molecule has 1 aromatic heterocycles. The van der Waals surface area contributed by atoms with Crippen molar-refractivity contribution in [3.8, 4) is 11.1 Å². The minimum Gasteiger partial charge on any atom is -0.274 e. The van der Waals surface area contributed by atoms with E-state index < -0.39 is 11.8 Å². The van der Waals surface area contributed by atoms with Crippen LogP contribution in [0.25, 0.3) is 11.1 Å². The molecule has 0 unspecified atom stereocenters. The molecule has 1 aromatic carbocycles. The van der Waals surface area contributed by atoms with E-state index in [1.807, 2.05) is 51.1 Å². The summed E-state index contributed by atoms with van der Waals surface area (Å²) >= 11 is 0. The van der Waals surface area contributed by atoms with Crippen LogP contribution in [0.2, 0.25) is 0 Å². The van der Waals surface area contributed by atoms with Crippen molar-refractivity contribution in [1.82, 2.24) is 9.97 Å². The highest BCUT2D eigenvalue weighted by molar-refractivity contribution is 6.11. The van der Waals surface area contributed by atoms with E-state index in [4.69, 9.17) is 0 Å². The van der Waals surface area contributed by atoms with Crippen LogP contribution in [0.15, 0.2) is 36.5 Å². The summed E-state index contributed by atoms with van der Waals surface area (Å²) in [5.74, 6) is -0.677. The largest absolute Gasteiger partial charge is 0.274 e. The first-order valence-electron chi connectivity index (χ1n) is 7.46. The second-order valence-corrected chi connectivity index (χ2v) is 6.42. The van der Waals surface area contributed by atoms with Crippen LogP contribution in [0, 0.1) is 0 Å². The molecule has 0 saturated carbocycles. The highest BCUT2D eigenvalue weighted by Crippen LogP contribution is 2.32. The summed E-state index contributed by atoms with van der Waals surface area (Å²) in [6.45, 7) is 8.77. The van der Waals surface area contributed by atoms with Crippen LogP contribution >= 0.6 is 0 Å². The van der Waals surface area contributed by atoms with E-state index in [2.05, 4.69) is 9.97 Å². The molecule has 0 saturated heterocycles. The Morgan fingerprint density at radius 1 is 1.00 bits per heavy atom. The van der Waals surface area contributed by atoms with Crippen LogP contribution in [0.3, 0.4) is 0 Å². The molecule has 0 atom stereocenters. The van der Waals surface area contributed by atoms with Crippen molar-refractivity contribution >= 4 is 17.8 Å². The summed E-state index contributed by atoms with van der Waals surface area (Å²) in [6.07, 6.45) is 1.68. The third-order valence-corrected chi connectivity index (χ3v) is 3.40. The lowest BCUT2D eigenvalue weighted by atomic mass is 9.87. The van der Waals surface area contributed by atoms with Gasteiger partial charge in [0.25, 0.3) is 0 Å². The molecule has 0 spiro atoms. The third-order valence-electron chi connectivity index (χ3n) is 3.40. The molecule has 0 radical (unpaired) electrons. The van der Waals surface area contributed by atoms with Crippen LogP contribution in [-0.2, 0) is 15.0 Å². The molecule has 5 nitrogen and oxygen atoms in total. The second-order valence-electron chi connectivity index (χ2n) is 6.42. The van der Waals surface area contributed by atoms with Gasteiger partial charge in [0.1, 0.15) is 0 Å². The number of imide groups is 1. The van der Waals surface area contributed by atoms with Crippen LogP contribution in [0.4, 0.5) is 5.95 Å². The molecule has 2 amide bonds. The van der Waals surface area contributed by atoms with Gasteiger partial charge in [-0.1, -0.05) is 51.1 Å². The number of anilines is 1. The molecule has 2 rings (SSSR count). The van der Waals surface area contributed by atoms with Gasteiger partial charge in [-0.25, -0.2) is 14.9 Å². The quantitative estimate of drug-likeness (QED) is 0.853. The molecule has 120 valence electrons. The maximum absolute atomic E-state index is 11.7. The van der Waals surface area contributed by atoms with Crippen LogP contribution in [0.1, 0.15) is 40.3 Å². The maximum Gasteiger partial charge on any atom is 0.239 e. The summed E-state index contributed by atoms with van der Waals surface area (Å²) < 4.78 is 0. The Hall–Kier alpha value is -2.56. The fourth-order valence-corrected chi connectivity index (χ4v) is 2.38. The molecule has 5 heteroatoms. The van der Waals surface area contributed by atoms with Crippen LogP contribution < -0.4 is 4.90 Å². The molecule has 0 bridgehead atoms. The lowest BCUT2D eigenvalue weighted by Gasteiger charge is -2.24. The third kappa shape index (κ3) is 3.62. The van der Waals surface area contributed by atoms with Crippen molar-refractivity contribution in [3.05, 3.63) is 42.2 Å². The predicted octanol–water partition coefficient (Wildman–Crippen LogP) is 3.34. The topological polar surface area (TPSA) is 63.2 Å². The lowest BCUT2D eigenvalue weighted by Crippen LogP contribution is -2.35. The number of rotatable bonds is 2. The number of carbonyl (C=O) groups is 2. The molecule has 0 fully saturated rings. The highest BCUT2D eigenvalue weighted by atomic mass is 16.2. The lowest BCUT2D eigenvalue weighted by molar-refractivity contribution is -0.124. The van der Waals surface area contributed by atoms with Gasteiger partial charge in [-0.05, 0) is 5.56 Å². The SMILES string of the molecule is CC(=O)N(C(C)=O)c1ncc(-c2ccccc2)c(C(C)(C)C)n1. The molecular formula is C18H21N3O2. The Labute approximate surface area is 136 Å². The Balaban J connectivity index is 2.65. The van der Waals surface area contributed by atoms with Gasteiger partial charge in [-0.3, -0.25) is 9.59 Å². The van der Waals surface area contributed by atoms with E-state index in [9.17, 15) is 9.59 Å². The zero-order chi connectivity index (χ0) is 17.2. The first-order chi connectivity index (χ1) is 10.7. The molecule has 23 heavy (non-hydrogen) atoms. The number of benzene rings is 1. The van der Waals surface area contributed by atoms with E-state index in [1.165, 1.54) is 13.8 Å². The summed E-state index contributed by atoms with van der Waals surface area (Å²) in [5.41, 5.74) is 2.43. The van der Waals surface area contributed by atoms with Crippen molar-refractivity contribution in [3.63, 3.8) is 0 Å². The van der Waals surface area contributed by atoms with Crippen molar-refractivity contribution in [2.45, 2.75) is 40.0 Å². The Morgan fingerprint density at radius 3 is 2.04 bits per heavy atom. The summed E-state index contributed by atoms with van der Waals surface area (Å²) in [4.78, 5) is 33.2. The standard InChI is InChI=1S/C18H21N3O2/c1-12(22)21(13(2)23)17-19-11-15(14-9-7-6-8-10-14)16(20-17)18(3,4)5/h6-11H,1-5H3. The summed E-state index contributed by atoms with van der Waals surface area (Å²) in [6, 6.07) is 9.83. The van der Waals surface area contributed by atoms with Gasteiger partial charge < -0.3 is 0 Å². The number of carbonyl (C=O) groups excluding carboxylic acids is 2. The summed E-state index contributed by atoms with van der Waals surface area (Å²) in [7, 11) is 0. The molecule has 0 aliphatic carbocycles. The average molecular weight is 311 g/mol. The van der Waals surface area contributed by atoms with Crippen molar-refractivity contribution in [2.75, 3.05) is 4.90 Å². The fourth-order valence-electron chi connectivity index (χ4n) is 2.38. The molecule has 0 aliphatic rings. The van der Waals surface area contributed by atoms with E-state index >= 15 is 0 Å². The van der Waals surface area contributed by atoms with E-state index in [1.54, 1.807) is 6.20 Å². The maximum atomic E-state index is 11.7. The molecule has 2 aromatic rings. The van der Waals surface area contributed by atoms with Gasteiger partial charge in [0.15, 0.2) is 0 Å². The fraction of sp³-hybridized carbons (Fsp3) is 0.333. The zero-order valence-electron chi connectivity index (χ0n) is 14.1. The van der Waals surface area contributed by atoms with Crippen LogP contribution in [0.5, 0.6) is 0 Å². The minimum absolute atomic E-state index is 0.120. The number of amides is 2. The van der Waals surface area contributed by atoms with Gasteiger partial charge in [-0.15, -0.1) is 0 Å². The van der Waals surface area contributed by atoms with E-state index in [0.29, 0.717) is 0 Å².